The molecule has 0 aromatic heterocycles. The summed E-state index contributed by atoms with van der Waals surface area (Å²) >= 11 is 0. The second-order valence-corrected chi connectivity index (χ2v) is 5.23. The first-order valence-electron chi connectivity index (χ1n) is 6.93. The number of amides is 1. The maximum atomic E-state index is 14.2. The van der Waals surface area contributed by atoms with Crippen LogP contribution in [0.3, 0.4) is 0 Å². The van der Waals surface area contributed by atoms with Crippen molar-refractivity contribution >= 4 is 18.3 Å². The Balaban J connectivity index is 0.00000220. The summed E-state index contributed by atoms with van der Waals surface area (Å²) in [5.41, 5.74) is -0.234. The Morgan fingerprint density at radius 1 is 1.29 bits per heavy atom. The van der Waals surface area contributed by atoms with Gasteiger partial charge in [0.1, 0.15) is 0 Å². The van der Waals surface area contributed by atoms with E-state index in [1.807, 2.05) is 7.05 Å². The molecule has 1 heterocycles. The van der Waals surface area contributed by atoms with Crippen LogP contribution in [0.5, 0.6) is 0 Å². The van der Waals surface area contributed by atoms with Gasteiger partial charge in [0.25, 0.3) is 5.91 Å². The molecule has 1 amide bonds. The lowest BCUT2D eigenvalue weighted by molar-refractivity contribution is -0.160. The van der Waals surface area contributed by atoms with Crippen LogP contribution in [0.15, 0.2) is 30.3 Å². The van der Waals surface area contributed by atoms with Crippen molar-refractivity contribution in [2.45, 2.75) is 18.8 Å². The van der Waals surface area contributed by atoms with Gasteiger partial charge >= 0.3 is 5.92 Å². The highest BCUT2D eigenvalue weighted by molar-refractivity contribution is 5.85. The van der Waals surface area contributed by atoms with Gasteiger partial charge < -0.3 is 10.2 Å². The SMILES string of the molecule is CNCC1CCN(C(=O)C(F)(F)c2ccccc2)CC1.Cl. The Morgan fingerprint density at radius 2 is 1.86 bits per heavy atom. The average molecular weight is 319 g/mol. The molecule has 1 aliphatic rings. The average Bonchev–Trinajstić information content (AvgIpc) is 2.48. The number of rotatable bonds is 4. The zero-order chi connectivity index (χ0) is 14.6. The topological polar surface area (TPSA) is 32.3 Å². The number of hydrogen-bond acceptors (Lipinski definition) is 2. The fourth-order valence-electron chi connectivity index (χ4n) is 2.60. The normalized spacial score (nSPS) is 16.4. The molecule has 0 radical (unpaired) electrons. The van der Waals surface area contributed by atoms with Gasteiger partial charge in [-0.1, -0.05) is 30.3 Å². The third-order valence-electron chi connectivity index (χ3n) is 3.80. The van der Waals surface area contributed by atoms with Crippen LogP contribution in [0.4, 0.5) is 8.78 Å². The van der Waals surface area contributed by atoms with E-state index in [9.17, 15) is 13.6 Å². The fraction of sp³-hybridized carbons (Fsp3) is 0.533. The summed E-state index contributed by atoms with van der Waals surface area (Å²) in [7, 11) is 1.88. The molecule has 0 unspecified atom stereocenters. The summed E-state index contributed by atoms with van der Waals surface area (Å²) in [6, 6.07) is 7.30. The van der Waals surface area contributed by atoms with Crippen molar-refractivity contribution in [2.24, 2.45) is 5.92 Å². The molecular formula is C15H21ClF2N2O. The Bertz CT molecular complexity index is 448. The van der Waals surface area contributed by atoms with Crippen LogP contribution in [0, 0.1) is 5.92 Å². The molecular weight excluding hydrogens is 298 g/mol. The van der Waals surface area contributed by atoms with Crippen LogP contribution in [-0.4, -0.2) is 37.5 Å². The number of carbonyl (C=O) groups excluding carboxylic acids is 1. The molecule has 1 N–H and O–H groups in total. The van der Waals surface area contributed by atoms with E-state index >= 15 is 0 Å². The number of alkyl halides is 2. The second kappa shape index (κ2) is 7.71. The fourth-order valence-corrected chi connectivity index (χ4v) is 2.60. The zero-order valence-corrected chi connectivity index (χ0v) is 12.8. The van der Waals surface area contributed by atoms with E-state index in [-0.39, 0.29) is 18.0 Å². The third-order valence-corrected chi connectivity index (χ3v) is 3.80. The maximum absolute atomic E-state index is 14.2. The van der Waals surface area contributed by atoms with E-state index in [1.165, 1.54) is 29.2 Å². The molecule has 1 saturated heterocycles. The largest absolute Gasteiger partial charge is 0.349 e. The van der Waals surface area contributed by atoms with Crippen LogP contribution in [-0.2, 0) is 10.7 Å². The lowest BCUT2D eigenvalue weighted by Crippen LogP contribution is -2.46. The summed E-state index contributed by atoms with van der Waals surface area (Å²) in [4.78, 5) is 13.3. The van der Waals surface area contributed by atoms with Crippen molar-refractivity contribution in [3.05, 3.63) is 35.9 Å². The maximum Gasteiger partial charge on any atom is 0.349 e. The molecule has 0 aliphatic carbocycles. The smallest absolute Gasteiger partial charge is 0.337 e. The molecule has 3 nitrogen and oxygen atoms in total. The molecule has 1 aliphatic heterocycles. The van der Waals surface area contributed by atoms with Gasteiger partial charge in [-0.15, -0.1) is 12.4 Å². The number of nitrogens with one attached hydrogen (secondary N) is 1. The Hall–Kier alpha value is -1.20. The van der Waals surface area contributed by atoms with Crippen LogP contribution in [0.2, 0.25) is 0 Å². The molecule has 6 heteroatoms. The summed E-state index contributed by atoms with van der Waals surface area (Å²) in [6.45, 7) is 1.69. The van der Waals surface area contributed by atoms with Gasteiger partial charge in [0.15, 0.2) is 0 Å². The molecule has 118 valence electrons. The van der Waals surface area contributed by atoms with Crippen LogP contribution in [0.25, 0.3) is 0 Å². The molecule has 0 atom stereocenters. The Kier molecular flexibility index (Phi) is 6.55. The highest BCUT2D eigenvalue weighted by atomic mass is 35.5. The Labute approximate surface area is 130 Å². The van der Waals surface area contributed by atoms with Gasteiger partial charge in [-0.2, -0.15) is 8.78 Å². The zero-order valence-electron chi connectivity index (χ0n) is 12.0. The van der Waals surface area contributed by atoms with Gasteiger partial charge in [-0.05, 0) is 32.4 Å². The molecule has 1 aromatic carbocycles. The lowest BCUT2D eigenvalue weighted by atomic mass is 9.96. The number of halogens is 3. The summed E-state index contributed by atoms with van der Waals surface area (Å²) < 4.78 is 28.4. The minimum Gasteiger partial charge on any atom is -0.337 e. The van der Waals surface area contributed by atoms with E-state index in [4.69, 9.17) is 0 Å². The van der Waals surface area contributed by atoms with Crippen molar-refractivity contribution in [3.63, 3.8) is 0 Å². The standard InChI is InChI=1S/C15H20F2N2O.ClH/c1-18-11-12-7-9-19(10-8-12)14(20)15(16,17)13-5-3-2-4-6-13;/h2-6,12,18H,7-11H2,1H3;1H. The van der Waals surface area contributed by atoms with Crippen molar-refractivity contribution in [1.29, 1.82) is 0 Å². The van der Waals surface area contributed by atoms with Crippen molar-refractivity contribution in [3.8, 4) is 0 Å². The van der Waals surface area contributed by atoms with E-state index in [1.54, 1.807) is 6.07 Å². The van der Waals surface area contributed by atoms with Gasteiger partial charge in [0.05, 0.1) is 0 Å². The highest BCUT2D eigenvalue weighted by Crippen LogP contribution is 2.31. The van der Waals surface area contributed by atoms with Crippen LogP contribution in [0.1, 0.15) is 18.4 Å². The number of likely N-dealkylation sites (tertiary alicyclic amines) is 1. The van der Waals surface area contributed by atoms with Crippen molar-refractivity contribution in [1.82, 2.24) is 10.2 Å². The molecule has 1 fully saturated rings. The van der Waals surface area contributed by atoms with Gasteiger partial charge in [-0.25, -0.2) is 0 Å². The first-order valence-corrected chi connectivity index (χ1v) is 6.93. The number of hydrogen-bond donors (Lipinski definition) is 1. The first-order chi connectivity index (χ1) is 9.55. The van der Waals surface area contributed by atoms with Crippen LogP contribution < -0.4 is 5.32 Å². The third kappa shape index (κ3) is 4.14. The monoisotopic (exact) mass is 318 g/mol. The van der Waals surface area contributed by atoms with E-state index in [0.717, 1.165) is 19.4 Å². The predicted molar refractivity (Wildman–Crippen MR) is 80.8 cm³/mol. The van der Waals surface area contributed by atoms with Crippen molar-refractivity contribution < 1.29 is 13.6 Å². The first kappa shape index (κ1) is 17.9. The minimum absolute atomic E-state index is 0. The minimum atomic E-state index is -3.43. The summed E-state index contributed by atoms with van der Waals surface area (Å²) in [5, 5.41) is 3.09. The van der Waals surface area contributed by atoms with Gasteiger partial charge in [0, 0.05) is 18.7 Å². The predicted octanol–water partition coefficient (Wildman–Crippen LogP) is 2.66. The number of benzene rings is 1. The summed E-state index contributed by atoms with van der Waals surface area (Å²) in [5.74, 6) is -4.04. The van der Waals surface area contributed by atoms with Gasteiger partial charge in [-0.3, -0.25) is 4.79 Å². The number of piperidine rings is 1. The molecule has 1 aromatic rings. The molecule has 0 bridgehead atoms. The summed E-state index contributed by atoms with van der Waals surface area (Å²) in [6.07, 6.45) is 1.55. The van der Waals surface area contributed by atoms with E-state index < -0.39 is 11.8 Å². The molecule has 2 rings (SSSR count). The van der Waals surface area contributed by atoms with Gasteiger partial charge in [0.2, 0.25) is 0 Å². The van der Waals surface area contributed by atoms with Crippen molar-refractivity contribution in [2.75, 3.05) is 26.7 Å². The number of carbonyl (C=O) groups is 1. The Morgan fingerprint density at radius 3 is 2.38 bits per heavy atom. The second-order valence-electron chi connectivity index (χ2n) is 5.23. The lowest BCUT2D eigenvalue weighted by Gasteiger charge is -2.34. The molecule has 0 spiro atoms. The number of nitrogens with zero attached hydrogens (tertiary/aromatic N) is 1. The highest BCUT2D eigenvalue weighted by Gasteiger charge is 2.44. The molecule has 21 heavy (non-hydrogen) atoms. The quantitative estimate of drug-likeness (QED) is 0.925. The van der Waals surface area contributed by atoms with E-state index in [2.05, 4.69) is 5.32 Å². The van der Waals surface area contributed by atoms with E-state index in [0.29, 0.717) is 19.0 Å². The van der Waals surface area contributed by atoms with Crippen LogP contribution >= 0.6 is 12.4 Å². The molecule has 0 saturated carbocycles.